The molecule has 2 atom stereocenters. The summed E-state index contributed by atoms with van der Waals surface area (Å²) in [7, 11) is 0. The van der Waals surface area contributed by atoms with Crippen LogP contribution in [0.2, 0.25) is 0 Å². The van der Waals surface area contributed by atoms with Crippen LogP contribution < -0.4 is 0 Å². The van der Waals surface area contributed by atoms with Crippen molar-refractivity contribution < 1.29 is 0 Å². The summed E-state index contributed by atoms with van der Waals surface area (Å²) in [6.45, 7) is 7.32. The van der Waals surface area contributed by atoms with Gasteiger partial charge >= 0.3 is 0 Å². The van der Waals surface area contributed by atoms with E-state index in [0.717, 1.165) is 32.5 Å². The SMILES string of the molecule is C#CC(C)CN1CCC(C(C)C#N)CC1. The van der Waals surface area contributed by atoms with E-state index in [2.05, 4.69) is 23.8 Å². The maximum absolute atomic E-state index is 8.85. The van der Waals surface area contributed by atoms with Gasteiger partial charge in [-0.2, -0.15) is 5.26 Å². The van der Waals surface area contributed by atoms with Gasteiger partial charge in [-0.3, -0.25) is 0 Å². The topological polar surface area (TPSA) is 27.0 Å². The average molecular weight is 204 g/mol. The second-order valence-electron chi connectivity index (χ2n) is 4.62. The summed E-state index contributed by atoms with van der Waals surface area (Å²) in [6, 6.07) is 2.35. The smallest absolute Gasteiger partial charge is 0.0655 e. The molecule has 1 aliphatic heterocycles. The van der Waals surface area contributed by atoms with Crippen molar-refractivity contribution in [1.82, 2.24) is 4.90 Å². The average Bonchev–Trinajstić information content (AvgIpc) is 2.29. The van der Waals surface area contributed by atoms with Gasteiger partial charge in [-0.05, 0) is 38.8 Å². The van der Waals surface area contributed by atoms with Crippen LogP contribution in [0.1, 0.15) is 26.7 Å². The first-order valence-corrected chi connectivity index (χ1v) is 5.75. The molecule has 2 nitrogen and oxygen atoms in total. The molecule has 82 valence electrons. The predicted molar refractivity (Wildman–Crippen MR) is 61.9 cm³/mol. The monoisotopic (exact) mass is 204 g/mol. The fourth-order valence-corrected chi connectivity index (χ4v) is 2.18. The lowest BCUT2D eigenvalue weighted by atomic mass is 9.86. The molecule has 1 fully saturated rings. The quantitative estimate of drug-likeness (QED) is 0.658. The molecule has 1 rings (SSSR count). The maximum Gasteiger partial charge on any atom is 0.0655 e. The van der Waals surface area contributed by atoms with Gasteiger partial charge in [0.15, 0.2) is 0 Å². The van der Waals surface area contributed by atoms with Gasteiger partial charge in [0.2, 0.25) is 0 Å². The molecule has 0 aromatic rings. The van der Waals surface area contributed by atoms with Gasteiger partial charge in [-0.15, -0.1) is 12.3 Å². The molecule has 0 N–H and O–H groups in total. The molecule has 0 bridgehead atoms. The molecule has 0 aromatic heterocycles. The second-order valence-corrected chi connectivity index (χ2v) is 4.62. The van der Waals surface area contributed by atoms with E-state index in [1.54, 1.807) is 0 Å². The number of likely N-dealkylation sites (tertiary alicyclic amines) is 1. The van der Waals surface area contributed by atoms with Crippen molar-refractivity contribution in [2.75, 3.05) is 19.6 Å². The highest BCUT2D eigenvalue weighted by Gasteiger charge is 2.23. The van der Waals surface area contributed by atoms with Crippen LogP contribution in [0.25, 0.3) is 0 Å². The Kier molecular flexibility index (Phi) is 4.66. The molecule has 0 aromatic carbocycles. The third kappa shape index (κ3) is 3.57. The molecule has 2 unspecified atom stereocenters. The van der Waals surface area contributed by atoms with Crippen LogP contribution in [-0.4, -0.2) is 24.5 Å². The van der Waals surface area contributed by atoms with E-state index in [-0.39, 0.29) is 5.92 Å². The second kappa shape index (κ2) is 5.79. The van der Waals surface area contributed by atoms with Crippen LogP contribution in [0.4, 0.5) is 0 Å². The molecule has 15 heavy (non-hydrogen) atoms. The highest BCUT2D eigenvalue weighted by molar-refractivity contribution is 4.93. The normalized spacial score (nSPS) is 22.7. The fourth-order valence-electron chi connectivity index (χ4n) is 2.18. The Balaban J connectivity index is 2.31. The largest absolute Gasteiger partial charge is 0.302 e. The minimum absolute atomic E-state index is 0.206. The Morgan fingerprint density at radius 1 is 1.40 bits per heavy atom. The molecule has 1 aliphatic rings. The van der Waals surface area contributed by atoms with Crippen LogP contribution in [0.15, 0.2) is 0 Å². The minimum atomic E-state index is 0.206. The fraction of sp³-hybridized carbons (Fsp3) is 0.769. The summed E-state index contributed by atoms with van der Waals surface area (Å²) in [6.07, 6.45) is 7.66. The lowest BCUT2D eigenvalue weighted by Crippen LogP contribution is -2.37. The van der Waals surface area contributed by atoms with E-state index in [1.165, 1.54) is 0 Å². The molecule has 0 aliphatic carbocycles. The summed E-state index contributed by atoms with van der Waals surface area (Å²) in [5, 5.41) is 8.85. The molecule has 0 radical (unpaired) electrons. The van der Waals surface area contributed by atoms with Crippen LogP contribution in [0.5, 0.6) is 0 Å². The summed E-state index contributed by atoms with van der Waals surface area (Å²) >= 11 is 0. The summed E-state index contributed by atoms with van der Waals surface area (Å²) in [5.41, 5.74) is 0. The van der Waals surface area contributed by atoms with Gasteiger partial charge in [-0.1, -0.05) is 6.92 Å². The van der Waals surface area contributed by atoms with E-state index in [0.29, 0.717) is 11.8 Å². The Morgan fingerprint density at radius 2 is 2.00 bits per heavy atom. The highest BCUT2D eigenvalue weighted by Crippen LogP contribution is 2.24. The molecular formula is C13H20N2. The molecule has 0 amide bonds. The van der Waals surface area contributed by atoms with Crippen LogP contribution in [0.3, 0.4) is 0 Å². The Labute approximate surface area is 93.3 Å². The molecule has 0 saturated carbocycles. The zero-order valence-electron chi connectivity index (χ0n) is 9.74. The maximum atomic E-state index is 8.85. The summed E-state index contributed by atoms with van der Waals surface area (Å²) < 4.78 is 0. The third-order valence-corrected chi connectivity index (χ3v) is 3.36. The van der Waals surface area contributed by atoms with Crippen LogP contribution >= 0.6 is 0 Å². The number of hydrogen-bond acceptors (Lipinski definition) is 2. The summed E-state index contributed by atoms with van der Waals surface area (Å²) in [5.74, 6) is 3.90. The zero-order chi connectivity index (χ0) is 11.3. The van der Waals surface area contributed by atoms with Crippen molar-refractivity contribution >= 4 is 0 Å². The Morgan fingerprint density at radius 3 is 2.47 bits per heavy atom. The molecule has 1 saturated heterocycles. The van der Waals surface area contributed by atoms with E-state index in [4.69, 9.17) is 11.7 Å². The molecule has 0 spiro atoms. The number of nitrogens with zero attached hydrogens (tertiary/aromatic N) is 2. The highest BCUT2D eigenvalue weighted by atomic mass is 15.1. The van der Waals surface area contributed by atoms with E-state index >= 15 is 0 Å². The van der Waals surface area contributed by atoms with Gasteiger partial charge in [0.05, 0.1) is 6.07 Å². The van der Waals surface area contributed by atoms with E-state index < -0.39 is 0 Å². The molecular weight excluding hydrogens is 184 g/mol. The molecule has 2 heteroatoms. The van der Waals surface area contributed by atoms with Crippen molar-refractivity contribution in [2.45, 2.75) is 26.7 Å². The lowest BCUT2D eigenvalue weighted by molar-refractivity contribution is 0.158. The first kappa shape index (κ1) is 12.1. The first-order chi connectivity index (χ1) is 7.17. The standard InChI is InChI=1S/C13H20N2/c1-4-11(2)10-15-7-5-13(6-8-15)12(3)9-14/h1,11-13H,5-8,10H2,2-3H3. The van der Waals surface area contributed by atoms with E-state index in [1.807, 2.05) is 6.92 Å². The Hall–Kier alpha value is -0.990. The predicted octanol–water partition coefficient (Wildman–Crippen LogP) is 2.13. The first-order valence-electron chi connectivity index (χ1n) is 5.75. The van der Waals surface area contributed by atoms with Gasteiger partial charge in [0.25, 0.3) is 0 Å². The van der Waals surface area contributed by atoms with Crippen molar-refractivity contribution in [1.29, 1.82) is 5.26 Å². The molecule has 1 heterocycles. The number of nitriles is 1. The minimum Gasteiger partial charge on any atom is -0.302 e. The summed E-state index contributed by atoms with van der Waals surface area (Å²) in [4.78, 5) is 2.42. The van der Waals surface area contributed by atoms with Crippen LogP contribution in [-0.2, 0) is 0 Å². The van der Waals surface area contributed by atoms with Gasteiger partial charge < -0.3 is 4.90 Å². The van der Waals surface area contributed by atoms with Crippen molar-refractivity contribution in [3.05, 3.63) is 0 Å². The number of terminal acetylenes is 1. The van der Waals surface area contributed by atoms with Crippen LogP contribution in [0, 0.1) is 41.4 Å². The zero-order valence-corrected chi connectivity index (χ0v) is 9.74. The van der Waals surface area contributed by atoms with Crippen molar-refractivity contribution in [3.8, 4) is 18.4 Å². The third-order valence-electron chi connectivity index (χ3n) is 3.36. The number of hydrogen-bond donors (Lipinski definition) is 0. The van der Waals surface area contributed by atoms with Crippen molar-refractivity contribution in [3.63, 3.8) is 0 Å². The lowest BCUT2D eigenvalue weighted by Gasteiger charge is -2.33. The van der Waals surface area contributed by atoms with Gasteiger partial charge in [0, 0.05) is 18.4 Å². The van der Waals surface area contributed by atoms with Crippen molar-refractivity contribution in [2.24, 2.45) is 17.8 Å². The van der Waals surface area contributed by atoms with Gasteiger partial charge in [-0.25, -0.2) is 0 Å². The Bertz CT molecular complexity index is 263. The van der Waals surface area contributed by atoms with E-state index in [9.17, 15) is 0 Å². The number of piperidine rings is 1. The number of rotatable bonds is 3. The van der Waals surface area contributed by atoms with Gasteiger partial charge in [0.1, 0.15) is 0 Å².